The average molecular weight is 406 g/mol. The molecule has 0 radical (unpaired) electrons. The summed E-state index contributed by atoms with van der Waals surface area (Å²) in [5.74, 6) is -0.628. The zero-order chi connectivity index (χ0) is 18.9. The van der Waals surface area contributed by atoms with Gasteiger partial charge in [0.2, 0.25) is 0 Å². The summed E-state index contributed by atoms with van der Waals surface area (Å²) in [6, 6.07) is 1.85. The van der Waals surface area contributed by atoms with E-state index in [1.165, 1.54) is 6.08 Å². The summed E-state index contributed by atoms with van der Waals surface area (Å²) in [5.41, 5.74) is -0.302. The first-order valence-electron chi connectivity index (χ1n) is 7.87. The van der Waals surface area contributed by atoms with Gasteiger partial charge in [-0.2, -0.15) is 13.2 Å². The number of carbonyl (C=O) groups excluding carboxylic acids is 2. The lowest BCUT2D eigenvalue weighted by Gasteiger charge is -2.26. The summed E-state index contributed by atoms with van der Waals surface area (Å²) in [4.78, 5) is 25.1. The quantitative estimate of drug-likeness (QED) is 0.738. The Morgan fingerprint density at radius 2 is 1.96 bits per heavy atom. The van der Waals surface area contributed by atoms with Gasteiger partial charge in [0.15, 0.2) is 0 Å². The van der Waals surface area contributed by atoms with E-state index in [9.17, 15) is 22.8 Å². The molecule has 0 spiro atoms. The number of thioether (sulfide) groups is 1. The van der Waals surface area contributed by atoms with E-state index in [1.807, 2.05) is 4.90 Å². The van der Waals surface area contributed by atoms with Gasteiger partial charge in [-0.3, -0.25) is 14.9 Å². The molecule has 0 aliphatic carbocycles. The number of alkyl halides is 3. The number of rotatable bonds is 2. The highest BCUT2D eigenvalue weighted by Crippen LogP contribution is 2.40. The molecule has 2 heterocycles. The second-order valence-electron chi connectivity index (χ2n) is 5.84. The fraction of sp³-hybridized carbons (Fsp3) is 0.375. The summed E-state index contributed by atoms with van der Waals surface area (Å²) in [5, 5.41) is 4.71. The molecule has 2 amide bonds. The van der Waals surface area contributed by atoms with Gasteiger partial charge < -0.3 is 10.2 Å². The Morgan fingerprint density at radius 1 is 1.19 bits per heavy atom. The molecule has 2 N–H and O–H groups in total. The molecule has 0 saturated carbocycles. The van der Waals surface area contributed by atoms with E-state index >= 15 is 0 Å². The van der Waals surface area contributed by atoms with Crippen molar-refractivity contribution >= 4 is 46.3 Å². The summed E-state index contributed by atoms with van der Waals surface area (Å²) >= 11 is 6.87. The maximum Gasteiger partial charge on any atom is 0.416 e. The molecule has 140 valence electrons. The van der Waals surface area contributed by atoms with Gasteiger partial charge in [-0.05, 0) is 42.9 Å². The van der Waals surface area contributed by atoms with Crippen LogP contribution in [0.5, 0.6) is 0 Å². The molecule has 2 aliphatic heterocycles. The highest BCUT2D eigenvalue weighted by Gasteiger charge is 2.33. The summed E-state index contributed by atoms with van der Waals surface area (Å²) < 4.78 is 39.6. The molecule has 2 saturated heterocycles. The Balaban J connectivity index is 2.11. The van der Waals surface area contributed by atoms with Crippen LogP contribution < -0.4 is 15.5 Å². The van der Waals surface area contributed by atoms with E-state index < -0.39 is 22.9 Å². The van der Waals surface area contributed by atoms with Crippen molar-refractivity contribution in [2.45, 2.75) is 12.6 Å². The van der Waals surface area contributed by atoms with Crippen LogP contribution in [0.15, 0.2) is 17.0 Å². The van der Waals surface area contributed by atoms with E-state index in [2.05, 4.69) is 10.6 Å². The van der Waals surface area contributed by atoms with Gasteiger partial charge in [0.25, 0.3) is 11.1 Å². The van der Waals surface area contributed by atoms with Crippen molar-refractivity contribution in [2.75, 3.05) is 31.1 Å². The van der Waals surface area contributed by atoms with E-state index in [4.69, 9.17) is 11.6 Å². The number of nitrogens with one attached hydrogen (secondary N) is 2. The number of nitrogens with zero attached hydrogens (tertiary/aromatic N) is 1. The molecular weight excluding hydrogens is 391 g/mol. The lowest BCUT2D eigenvalue weighted by Crippen LogP contribution is -2.29. The third-order valence-electron chi connectivity index (χ3n) is 4.01. The summed E-state index contributed by atoms with van der Waals surface area (Å²) in [7, 11) is 0. The highest BCUT2D eigenvalue weighted by atomic mass is 35.5. The number of anilines is 1. The van der Waals surface area contributed by atoms with Crippen molar-refractivity contribution in [3.63, 3.8) is 0 Å². The number of amides is 2. The lowest BCUT2D eigenvalue weighted by molar-refractivity contribution is -0.137. The van der Waals surface area contributed by atoms with Gasteiger partial charge in [-0.15, -0.1) is 0 Å². The van der Waals surface area contributed by atoms with Crippen LogP contribution in [0.25, 0.3) is 6.08 Å². The Morgan fingerprint density at radius 3 is 2.62 bits per heavy atom. The molecule has 5 nitrogen and oxygen atoms in total. The van der Waals surface area contributed by atoms with Gasteiger partial charge >= 0.3 is 6.18 Å². The minimum atomic E-state index is -4.57. The highest BCUT2D eigenvalue weighted by molar-refractivity contribution is 8.18. The van der Waals surface area contributed by atoms with Gasteiger partial charge in [-0.25, -0.2) is 0 Å². The first kappa shape index (κ1) is 19.1. The van der Waals surface area contributed by atoms with Crippen molar-refractivity contribution in [3.8, 4) is 0 Å². The Bertz CT molecular complexity index is 775. The van der Waals surface area contributed by atoms with Gasteiger partial charge in [-0.1, -0.05) is 11.6 Å². The first-order valence-corrected chi connectivity index (χ1v) is 9.06. The fourth-order valence-electron chi connectivity index (χ4n) is 2.86. The van der Waals surface area contributed by atoms with Crippen LogP contribution >= 0.6 is 23.4 Å². The fourth-order valence-corrected chi connectivity index (χ4v) is 3.88. The molecular formula is C16H15ClF3N3O2S. The van der Waals surface area contributed by atoms with Crippen LogP contribution in [0.3, 0.4) is 0 Å². The van der Waals surface area contributed by atoms with E-state index in [0.717, 1.165) is 25.1 Å². The Labute approximate surface area is 156 Å². The molecule has 3 rings (SSSR count). The zero-order valence-corrected chi connectivity index (χ0v) is 15.0. The van der Waals surface area contributed by atoms with Crippen molar-refractivity contribution in [1.82, 2.24) is 10.6 Å². The largest absolute Gasteiger partial charge is 0.416 e. The predicted molar refractivity (Wildman–Crippen MR) is 95.3 cm³/mol. The first-order chi connectivity index (χ1) is 12.3. The van der Waals surface area contributed by atoms with Gasteiger partial charge in [0.1, 0.15) is 0 Å². The monoisotopic (exact) mass is 405 g/mol. The van der Waals surface area contributed by atoms with Crippen LogP contribution in [0.4, 0.5) is 23.7 Å². The maximum absolute atomic E-state index is 13.2. The minimum Gasteiger partial charge on any atom is -0.369 e. The number of imide groups is 1. The van der Waals surface area contributed by atoms with Crippen molar-refractivity contribution in [2.24, 2.45) is 0 Å². The molecule has 0 unspecified atom stereocenters. The number of benzene rings is 1. The van der Waals surface area contributed by atoms with Crippen molar-refractivity contribution in [3.05, 3.63) is 33.2 Å². The van der Waals surface area contributed by atoms with Crippen LogP contribution in [-0.4, -0.2) is 37.3 Å². The molecule has 26 heavy (non-hydrogen) atoms. The van der Waals surface area contributed by atoms with Crippen LogP contribution in [0, 0.1) is 0 Å². The molecule has 2 fully saturated rings. The van der Waals surface area contributed by atoms with E-state index in [1.54, 1.807) is 0 Å². The minimum absolute atomic E-state index is 0.0386. The zero-order valence-electron chi connectivity index (χ0n) is 13.5. The number of halogens is 4. The van der Waals surface area contributed by atoms with Gasteiger partial charge in [0, 0.05) is 25.2 Å². The predicted octanol–water partition coefficient (Wildman–Crippen LogP) is 3.48. The maximum atomic E-state index is 13.2. The molecule has 10 heteroatoms. The van der Waals surface area contributed by atoms with E-state index in [-0.39, 0.29) is 15.5 Å². The Hall–Kier alpha value is -1.71. The third kappa shape index (κ3) is 4.16. The standard InChI is InChI=1S/C16H15ClF3N3O2S/c17-11-8-10(16(18,19)20)6-9(7-12-14(24)22-15(25)26-12)13(11)23-4-1-2-21-3-5-23/h6-8,21H,1-5H2,(H,22,24,25). The van der Waals surface area contributed by atoms with Crippen molar-refractivity contribution in [1.29, 1.82) is 0 Å². The molecule has 0 bridgehead atoms. The number of hydrogen-bond acceptors (Lipinski definition) is 5. The second kappa shape index (κ2) is 7.50. The topological polar surface area (TPSA) is 61.4 Å². The normalized spacial score (nSPS) is 20.5. The number of carbonyl (C=O) groups is 2. The van der Waals surface area contributed by atoms with Crippen molar-refractivity contribution < 1.29 is 22.8 Å². The lowest BCUT2D eigenvalue weighted by atomic mass is 10.1. The summed E-state index contributed by atoms with van der Waals surface area (Å²) in [6.07, 6.45) is -2.47. The molecule has 0 atom stereocenters. The molecule has 1 aromatic rings. The molecule has 2 aliphatic rings. The van der Waals surface area contributed by atoms with E-state index in [0.29, 0.717) is 37.1 Å². The smallest absolute Gasteiger partial charge is 0.369 e. The molecule has 0 aromatic heterocycles. The van der Waals surface area contributed by atoms with Gasteiger partial charge in [0.05, 0.1) is 21.2 Å². The van der Waals surface area contributed by atoms with Crippen LogP contribution in [0.1, 0.15) is 17.5 Å². The number of hydrogen-bond donors (Lipinski definition) is 2. The van der Waals surface area contributed by atoms with Crippen LogP contribution in [-0.2, 0) is 11.0 Å². The Kier molecular flexibility index (Phi) is 5.50. The second-order valence-corrected chi connectivity index (χ2v) is 7.26. The average Bonchev–Trinajstić information content (AvgIpc) is 2.75. The molecule has 1 aromatic carbocycles. The third-order valence-corrected chi connectivity index (χ3v) is 5.10. The summed E-state index contributed by atoms with van der Waals surface area (Å²) in [6.45, 7) is 2.66. The van der Waals surface area contributed by atoms with Crippen LogP contribution in [0.2, 0.25) is 5.02 Å². The SMILES string of the molecule is O=C1NC(=O)C(=Cc2cc(C(F)(F)F)cc(Cl)c2N2CCCNCC2)S1.